The first-order valence-electron chi connectivity index (χ1n) is 8.98. The van der Waals surface area contributed by atoms with E-state index in [0.29, 0.717) is 46.1 Å². The number of alkyl halides is 1. The summed E-state index contributed by atoms with van der Waals surface area (Å²) < 4.78 is 16.2. The molecule has 8 heteroatoms. The third-order valence-corrected chi connectivity index (χ3v) is 4.51. The van der Waals surface area contributed by atoms with Gasteiger partial charge in [0.25, 0.3) is 5.91 Å². The number of ether oxygens (including phenoxy) is 2. The number of furan rings is 1. The van der Waals surface area contributed by atoms with Gasteiger partial charge < -0.3 is 24.5 Å². The molecule has 0 aliphatic carbocycles. The number of halogens is 1. The lowest BCUT2D eigenvalue weighted by molar-refractivity contribution is -0.116. The van der Waals surface area contributed by atoms with Gasteiger partial charge in [-0.25, -0.2) is 0 Å². The van der Waals surface area contributed by atoms with Gasteiger partial charge in [0, 0.05) is 29.4 Å². The number of carbonyl (C=O) groups is 2. The predicted molar refractivity (Wildman–Crippen MR) is 112 cm³/mol. The number of hydrogen-bond acceptors (Lipinski definition) is 5. The van der Waals surface area contributed by atoms with Gasteiger partial charge in [0.05, 0.1) is 14.2 Å². The Labute approximate surface area is 172 Å². The maximum absolute atomic E-state index is 12.9. The summed E-state index contributed by atoms with van der Waals surface area (Å²) in [6.07, 6.45) is 0.788. The molecule has 0 aliphatic rings. The Morgan fingerprint density at radius 2 is 1.79 bits per heavy atom. The van der Waals surface area contributed by atoms with Gasteiger partial charge >= 0.3 is 0 Å². The second-order valence-electron chi connectivity index (χ2n) is 6.17. The number of rotatable bonds is 8. The SMILES string of the molecule is COc1ccc(NC(=O)c2oc3ccccc3c2NC(=O)CCCCl)cc1OC. The summed E-state index contributed by atoms with van der Waals surface area (Å²) in [6, 6.07) is 12.1. The minimum absolute atomic E-state index is 0.0141. The lowest BCUT2D eigenvalue weighted by atomic mass is 10.2. The smallest absolute Gasteiger partial charge is 0.293 e. The Hall–Kier alpha value is -3.19. The maximum Gasteiger partial charge on any atom is 0.293 e. The number of fused-ring (bicyclic) bond motifs is 1. The largest absolute Gasteiger partial charge is 0.493 e. The van der Waals surface area contributed by atoms with E-state index in [1.165, 1.54) is 14.2 Å². The minimum atomic E-state index is -0.499. The molecule has 3 rings (SSSR count). The van der Waals surface area contributed by atoms with Crippen molar-refractivity contribution in [3.63, 3.8) is 0 Å². The van der Waals surface area contributed by atoms with Crippen molar-refractivity contribution in [2.24, 2.45) is 0 Å². The first kappa shape index (κ1) is 20.5. The fourth-order valence-electron chi connectivity index (χ4n) is 2.86. The van der Waals surface area contributed by atoms with Crippen LogP contribution in [0.25, 0.3) is 11.0 Å². The topological polar surface area (TPSA) is 89.8 Å². The first-order chi connectivity index (χ1) is 14.1. The molecule has 0 atom stereocenters. The van der Waals surface area contributed by atoms with Crippen molar-refractivity contribution < 1.29 is 23.5 Å². The van der Waals surface area contributed by atoms with Crippen LogP contribution in [0.3, 0.4) is 0 Å². The van der Waals surface area contributed by atoms with Crippen LogP contribution in [0.4, 0.5) is 11.4 Å². The van der Waals surface area contributed by atoms with Gasteiger partial charge in [-0.15, -0.1) is 11.6 Å². The molecule has 0 unspecified atom stereocenters. The van der Waals surface area contributed by atoms with E-state index in [2.05, 4.69) is 10.6 Å². The molecule has 0 spiro atoms. The molecule has 152 valence electrons. The van der Waals surface area contributed by atoms with E-state index in [4.69, 9.17) is 25.5 Å². The molecule has 1 heterocycles. The number of para-hydroxylation sites is 1. The molecular weight excluding hydrogens is 396 g/mol. The number of hydrogen-bond donors (Lipinski definition) is 2. The van der Waals surface area contributed by atoms with Gasteiger partial charge in [-0.1, -0.05) is 12.1 Å². The first-order valence-corrected chi connectivity index (χ1v) is 9.51. The molecule has 2 aromatic carbocycles. The molecule has 29 heavy (non-hydrogen) atoms. The summed E-state index contributed by atoms with van der Waals surface area (Å²) in [5.41, 5.74) is 1.32. The molecule has 0 radical (unpaired) electrons. The molecule has 0 bridgehead atoms. The van der Waals surface area contributed by atoms with Gasteiger partial charge in [-0.2, -0.15) is 0 Å². The zero-order valence-corrected chi connectivity index (χ0v) is 16.8. The summed E-state index contributed by atoms with van der Waals surface area (Å²) in [7, 11) is 3.04. The molecule has 2 N–H and O–H groups in total. The lowest BCUT2D eigenvalue weighted by Crippen LogP contribution is -2.17. The third-order valence-electron chi connectivity index (χ3n) is 4.25. The van der Waals surface area contributed by atoms with Gasteiger partial charge in [0.15, 0.2) is 11.5 Å². The molecule has 7 nitrogen and oxygen atoms in total. The van der Waals surface area contributed by atoms with Crippen molar-refractivity contribution in [3.05, 3.63) is 48.2 Å². The highest BCUT2D eigenvalue weighted by Crippen LogP contribution is 2.33. The Kier molecular flexibility index (Phi) is 6.61. The van der Waals surface area contributed by atoms with Crippen LogP contribution in [-0.4, -0.2) is 31.9 Å². The predicted octanol–water partition coefficient (Wildman–Crippen LogP) is 4.66. The quantitative estimate of drug-likeness (QED) is 0.521. The fourth-order valence-corrected chi connectivity index (χ4v) is 2.99. The number of nitrogens with one attached hydrogen (secondary N) is 2. The van der Waals surface area contributed by atoms with Gasteiger partial charge in [-0.05, 0) is 30.7 Å². The van der Waals surface area contributed by atoms with Crippen LogP contribution in [0, 0.1) is 0 Å². The van der Waals surface area contributed by atoms with Crippen LogP contribution in [-0.2, 0) is 4.79 Å². The molecular formula is C21H21ClN2O5. The Morgan fingerprint density at radius 3 is 2.52 bits per heavy atom. The van der Waals surface area contributed by atoms with Crippen molar-refractivity contribution in [1.29, 1.82) is 0 Å². The second kappa shape index (κ2) is 9.34. The van der Waals surface area contributed by atoms with Gasteiger partial charge in [-0.3, -0.25) is 9.59 Å². The van der Waals surface area contributed by atoms with Crippen LogP contribution in [0.2, 0.25) is 0 Å². The molecule has 0 aliphatic heterocycles. The van der Waals surface area contributed by atoms with Crippen molar-refractivity contribution in [2.75, 3.05) is 30.7 Å². The highest BCUT2D eigenvalue weighted by molar-refractivity contribution is 6.18. The highest BCUT2D eigenvalue weighted by Gasteiger charge is 2.22. The van der Waals surface area contributed by atoms with Crippen LogP contribution in [0.5, 0.6) is 11.5 Å². The number of amides is 2. The van der Waals surface area contributed by atoms with Gasteiger partial charge in [0.1, 0.15) is 11.3 Å². The number of carbonyl (C=O) groups excluding carboxylic acids is 2. The monoisotopic (exact) mass is 416 g/mol. The van der Waals surface area contributed by atoms with Crippen LogP contribution < -0.4 is 20.1 Å². The zero-order chi connectivity index (χ0) is 20.8. The van der Waals surface area contributed by atoms with E-state index in [1.54, 1.807) is 36.4 Å². The Bertz CT molecular complexity index is 1030. The molecule has 1 aromatic heterocycles. The second-order valence-corrected chi connectivity index (χ2v) is 6.54. The molecule has 0 fully saturated rings. The summed E-state index contributed by atoms with van der Waals surface area (Å²) in [4.78, 5) is 25.1. The van der Waals surface area contributed by atoms with E-state index in [9.17, 15) is 9.59 Å². The third kappa shape index (κ3) is 4.63. The summed E-state index contributed by atoms with van der Waals surface area (Å²) >= 11 is 5.66. The molecule has 0 saturated carbocycles. The van der Waals surface area contributed by atoms with Gasteiger partial charge in [0.2, 0.25) is 11.7 Å². The summed E-state index contributed by atoms with van der Waals surface area (Å²) in [5, 5.41) is 6.18. The highest BCUT2D eigenvalue weighted by atomic mass is 35.5. The normalized spacial score (nSPS) is 10.6. The van der Waals surface area contributed by atoms with Crippen LogP contribution in [0.15, 0.2) is 46.9 Å². The van der Waals surface area contributed by atoms with Crippen LogP contribution >= 0.6 is 11.6 Å². The number of anilines is 2. The van der Waals surface area contributed by atoms with E-state index < -0.39 is 5.91 Å². The van der Waals surface area contributed by atoms with E-state index >= 15 is 0 Å². The van der Waals surface area contributed by atoms with E-state index in [1.807, 2.05) is 6.07 Å². The molecule has 3 aromatic rings. The fraction of sp³-hybridized carbons (Fsp3) is 0.238. The van der Waals surface area contributed by atoms with Crippen LogP contribution in [0.1, 0.15) is 23.4 Å². The zero-order valence-electron chi connectivity index (χ0n) is 16.1. The summed E-state index contributed by atoms with van der Waals surface area (Å²) in [6.45, 7) is 0. The molecule has 2 amide bonds. The van der Waals surface area contributed by atoms with Crippen molar-refractivity contribution in [2.45, 2.75) is 12.8 Å². The number of benzene rings is 2. The standard InChI is InChI=1S/C21H21ClN2O5/c1-27-16-10-9-13(12-17(16)28-2)23-21(26)20-19(24-18(25)8-5-11-22)14-6-3-4-7-15(14)29-20/h3-4,6-7,9-10,12H,5,8,11H2,1-2H3,(H,23,26)(H,24,25). The lowest BCUT2D eigenvalue weighted by Gasteiger charge is -2.10. The van der Waals surface area contributed by atoms with E-state index in [-0.39, 0.29) is 18.1 Å². The van der Waals surface area contributed by atoms with Crippen molar-refractivity contribution in [1.82, 2.24) is 0 Å². The molecule has 0 saturated heterocycles. The van der Waals surface area contributed by atoms with Crippen molar-refractivity contribution in [3.8, 4) is 11.5 Å². The Balaban J connectivity index is 1.91. The number of methoxy groups -OCH3 is 2. The maximum atomic E-state index is 12.9. The summed E-state index contributed by atoms with van der Waals surface area (Å²) in [5.74, 6) is 0.677. The average molecular weight is 417 g/mol. The van der Waals surface area contributed by atoms with E-state index in [0.717, 1.165) is 0 Å². The van der Waals surface area contributed by atoms with Crippen molar-refractivity contribution >= 4 is 45.8 Å². The Morgan fingerprint density at radius 1 is 1.03 bits per heavy atom. The average Bonchev–Trinajstić information content (AvgIpc) is 3.10. The minimum Gasteiger partial charge on any atom is -0.493 e.